The van der Waals surface area contributed by atoms with Crippen LogP contribution in [0.15, 0.2) is 47.4 Å². The van der Waals surface area contributed by atoms with E-state index in [9.17, 15) is 18.0 Å². The molecular weight excluding hydrogens is 382 g/mol. The Morgan fingerprint density at radius 3 is 2.29 bits per heavy atom. The summed E-state index contributed by atoms with van der Waals surface area (Å²) in [5.41, 5.74) is 2.33. The summed E-state index contributed by atoms with van der Waals surface area (Å²) in [5.74, 6) is -1.21. The number of benzene rings is 2. The van der Waals surface area contributed by atoms with E-state index in [-0.39, 0.29) is 17.1 Å². The Morgan fingerprint density at radius 2 is 1.64 bits per heavy atom. The lowest BCUT2D eigenvalue weighted by Gasteiger charge is -2.11. The first-order valence-corrected chi connectivity index (χ1v) is 10.3. The van der Waals surface area contributed by atoms with Gasteiger partial charge in [0.25, 0.3) is 5.91 Å². The average Bonchev–Trinajstić information content (AvgIpc) is 2.65. The number of nitrogens with one attached hydrogen (secondary N) is 1. The molecule has 0 saturated heterocycles. The number of carbonyl (C=O) groups excluding carboxylic acids is 2. The molecule has 0 aliphatic carbocycles. The van der Waals surface area contributed by atoms with Gasteiger partial charge in [0.2, 0.25) is 0 Å². The van der Waals surface area contributed by atoms with Crippen molar-refractivity contribution in [2.45, 2.75) is 25.2 Å². The predicted octanol–water partition coefficient (Wildman–Crippen LogP) is 2.66. The first kappa shape index (κ1) is 21.4. The summed E-state index contributed by atoms with van der Waals surface area (Å²) >= 11 is 0. The highest BCUT2D eigenvalue weighted by atomic mass is 32.2. The molecule has 2 aromatic rings. The summed E-state index contributed by atoms with van der Waals surface area (Å²) in [7, 11) is -2.11. The largest absolute Gasteiger partial charge is 0.495 e. The zero-order valence-electron chi connectivity index (χ0n) is 16.0. The molecule has 0 fully saturated rings. The summed E-state index contributed by atoms with van der Waals surface area (Å²) in [4.78, 5) is 24.0. The Hall–Kier alpha value is -2.87. The van der Waals surface area contributed by atoms with Crippen LogP contribution in [0.1, 0.15) is 17.5 Å². The number of hydrogen-bond donors (Lipinski definition) is 1. The molecule has 0 bridgehead atoms. The summed E-state index contributed by atoms with van der Waals surface area (Å²) in [5, 5.41) is 2.60. The van der Waals surface area contributed by atoms with Gasteiger partial charge in [-0.1, -0.05) is 23.8 Å². The smallest absolute Gasteiger partial charge is 0.307 e. The van der Waals surface area contributed by atoms with E-state index in [1.807, 2.05) is 19.9 Å². The Bertz CT molecular complexity index is 951. The van der Waals surface area contributed by atoms with Gasteiger partial charge in [-0.3, -0.25) is 9.59 Å². The van der Waals surface area contributed by atoms with E-state index in [0.29, 0.717) is 11.4 Å². The number of amides is 1. The first-order valence-electron chi connectivity index (χ1n) is 8.61. The standard InChI is InChI=1S/C20H23NO6S/c1-14-4-7-16(8-5-14)28(24,25)11-10-20(23)27-13-19(22)21-17-12-15(2)6-9-18(17)26-3/h4-9,12H,10-11,13H2,1-3H3,(H,21,22). The van der Waals surface area contributed by atoms with Crippen molar-refractivity contribution < 1.29 is 27.5 Å². The lowest BCUT2D eigenvalue weighted by Crippen LogP contribution is -2.22. The number of sulfone groups is 1. The van der Waals surface area contributed by atoms with Gasteiger partial charge in [-0.15, -0.1) is 0 Å². The summed E-state index contributed by atoms with van der Waals surface area (Å²) in [6.07, 6.45) is -0.336. The minimum atomic E-state index is -3.59. The third-order valence-electron chi connectivity index (χ3n) is 3.95. The van der Waals surface area contributed by atoms with Crippen LogP contribution in [-0.4, -0.2) is 39.8 Å². The molecule has 0 saturated carbocycles. The van der Waals surface area contributed by atoms with Gasteiger partial charge in [-0.25, -0.2) is 8.42 Å². The SMILES string of the molecule is COc1ccc(C)cc1NC(=O)COC(=O)CCS(=O)(=O)c1ccc(C)cc1. The number of methoxy groups -OCH3 is 1. The molecule has 0 aliphatic rings. The summed E-state index contributed by atoms with van der Waals surface area (Å²) in [6.45, 7) is 3.20. The van der Waals surface area contributed by atoms with Crippen LogP contribution in [0.25, 0.3) is 0 Å². The molecule has 150 valence electrons. The van der Waals surface area contributed by atoms with Gasteiger partial charge in [0.15, 0.2) is 16.4 Å². The van der Waals surface area contributed by atoms with Crippen LogP contribution in [0.3, 0.4) is 0 Å². The van der Waals surface area contributed by atoms with Crippen LogP contribution in [0.4, 0.5) is 5.69 Å². The molecule has 0 aromatic heterocycles. The van der Waals surface area contributed by atoms with Gasteiger partial charge in [0.1, 0.15) is 5.75 Å². The van der Waals surface area contributed by atoms with Crippen molar-refractivity contribution in [1.29, 1.82) is 0 Å². The number of anilines is 1. The van der Waals surface area contributed by atoms with Crippen molar-refractivity contribution in [3.05, 3.63) is 53.6 Å². The van der Waals surface area contributed by atoms with Crippen molar-refractivity contribution in [1.82, 2.24) is 0 Å². The van der Waals surface area contributed by atoms with E-state index in [1.165, 1.54) is 19.2 Å². The summed E-state index contributed by atoms with van der Waals surface area (Å²) in [6, 6.07) is 11.7. The topological polar surface area (TPSA) is 98.8 Å². The molecule has 2 rings (SSSR count). The van der Waals surface area contributed by atoms with E-state index >= 15 is 0 Å². The molecule has 2 aromatic carbocycles. The van der Waals surface area contributed by atoms with Crippen LogP contribution in [0.5, 0.6) is 5.75 Å². The van der Waals surface area contributed by atoms with Gasteiger partial charge in [-0.2, -0.15) is 0 Å². The molecule has 0 unspecified atom stereocenters. The zero-order chi connectivity index (χ0) is 20.7. The van der Waals surface area contributed by atoms with Crippen molar-refractivity contribution in [2.75, 3.05) is 24.8 Å². The maximum Gasteiger partial charge on any atom is 0.307 e. The number of hydrogen-bond acceptors (Lipinski definition) is 6. The molecule has 0 heterocycles. The molecule has 1 N–H and O–H groups in total. The van der Waals surface area contributed by atoms with E-state index in [4.69, 9.17) is 9.47 Å². The third kappa shape index (κ3) is 6.09. The second kappa shape index (κ2) is 9.36. The lowest BCUT2D eigenvalue weighted by molar-refractivity contribution is -0.146. The molecule has 7 nitrogen and oxygen atoms in total. The monoisotopic (exact) mass is 405 g/mol. The maximum atomic E-state index is 12.2. The molecule has 0 spiro atoms. The minimum absolute atomic E-state index is 0.148. The molecule has 0 radical (unpaired) electrons. The van der Waals surface area contributed by atoms with Gasteiger partial charge in [0.05, 0.1) is 29.9 Å². The van der Waals surface area contributed by atoms with Gasteiger partial charge < -0.3 is 14.8 Å². The zero-order valence-corrected chi connectivity index (χ0v) is 16.8. The number of carbonyl (C=O) groups is 2. The quantitative estimate of drug-likeness (QED) is 0.678. The number of aryl methyl sites for hydroxylation is 2. The molecule has 0 aliphatic heterocycles. The number of rotatable bonds is 8. The molecule has 0 atom stereocenters. The molecule has 8 heteroatoms. The van der Waals surface area contributed by atoms with Crippen molar-refractivity contribution in [3.8, 4) is 5.75 Å². The van der Waals surface area contributed by atoms with Crippen LogP contribution in [-0.2, 0) is 24.2 Å². The average molecular weight is 405 g/mol. The van der Waals surface area contributed by atoms with Gasteiger partial charge in [0, 0.05) is 0 Å². The predicted molar refractivity (Wildman–Crippen MR) is 105 cm³/mol. The van der Waals surface area contributed by atoms with Gasteiger partial charge >= 0.3 is 5.97 Å². The summed E-state index contributed by atoms with van der Waals surface area (Å²) < 4.78 is 34.5. The maximum absolute atomic E-state index is 12.2. The van der Waals surface area contributed by atoms with Crippen LogP contribution < -0.4 is 10.1 Å². The van der Waals surface area contributed by atoms with E-state index in [1.54, 1.807) is 24.3 Å². The number of esters is 1. The highest BCUT2D eigenvalue weighted by Crippen LogP contribution is 2.25. The fraction of sp³-hybridized carbons (Fsp3) is 0.300. The highest BCUT2D eigenvalue weighted by molar-refractivity contribution is 7.91. The van der Waals surface area contributed by atoms with Crippen LogP contribution in [0, 0.1) is 13.8 Å². The van der Waals surface area contributed by atoms with Crippen LogP contribution in [0.2, 0.25) is 0 Å². The minimum Gasteiger partial charge on any atom is -0.495 e. The highest BCUT2D eigenvalue weighted by Gasteiger charge is 2.18. The second-order valence-corrected chi connectivity index (χ2v) is 8.40. The second-order valence-electron chi connectivity index (χ2n) is 6.29. The fourth-order valence-corrected chi connectivity index (χ4v) is 3.63. The number of ether oxygens (including phenoxy) is 2. The van der Waals surface area contributed by atoms with E-state index in [2.05, 4.69) is 5.32 Å². The Labute approximate surface area is 164 Å². The Morgan fingerprint density at radius 1 is 1.00 bits per heavy atom. The lowest BCUT2D eigenvalue weighted by atomic mass is 10.2. The van der Waals surface area contributed by atoms with Crippen molar-refractivity contribution in [3.63, 3.8) is 0 Å². The molecule has 1 amide bonds. The third-order valence-corrected chi connectivity index (χ3v) is 5.68. The Kier molecular flexibility index (Phi) is 7.17. The van der Waals surface area contributed by atoms with E-state index in [0.717, 1.165) is 11.1 Å². The van der Waals surface area contributed by atoms with Crippen molar-refractivity contribution in [2.24, 2.45) is 0 Å². The first-order chi connectivity index (χ1) is 13.2. The fourth-order valence-electron chi connectivity index (χ4n) is 2.41. The van der Waals surface area contributed by atoms with E-state index < -0.39 is 28.3 Å². The Balaban J connectivity index is 1.84. The van der Waals surface area contributed by atoms with Crippen molar-refractivity contribution >= 4 is 27.4 Å². The molecular formula is C20H23NO6S. The van der Waals surface area contributed by atoms with Crippen LogP contribution >= 0.6 is 0 Å². The normalized spacial score (nSPS) is 11.0. The van der Waals surface area contributed by atoms with Gasteiger partial charge in [-0.05, 0) is 43.7 Å². The molecule has 28 heavy (non-hydrogen) atoms.